The summed E-state index contributed by atoms with van der Waals surface area (Å²) in [6.45, 7) is 7.79. The first kappa shape index (κ1) is 43.4. The molecule has 4 aliphatic heterocycles. The van der Waals surface area contributed by atoms with E-state index in [0.29, 0.717) is 44.5 Å². The number of fused-ring (bicyclic) bond motifs is 1. The maximum Gasteiger partial charge on any atom is 0.510 e. The van der Waals surface area contributed by atoms with E-state index >= 15 is 0 Å². The highest BCUT2D eigenvalue weighted by Crippen LogP contribution is 2.32. The summed E-state index contributed by atoms with van der Waals surface area (Å²) in [5, 5.41) is 0. The molecule has 2 N–H and O–H groups in total. The molecule has 0 bridgehead atoms. The van der Waals surface area contributed by atoms with Crippen molar-refractivity contribution in [3.8, 4) is 0 Å². The zero-order valence-electron chi connectivity index (χ0n) is 33.6. The van der Waals surface area contributed by atoms with Crippen LogP contribution in [0.3, 0.4) is 0 Å². The van der Waals surface area contributed by atoms with Crippen LogP contribution in [0.2, 0.25) is 0 Å². The van der Waals surface area contributed by atoms with E-state index in [1.807, 2.05) is 18.2 Å². The second-order valence-electron chi connectivity index (χ2n) is 14.8. The molecule has 2 aromatic carbocycles. The summed E-state index contributed by atoms with van der Waals surface area (Å²) in [7, 11) is 1.60. The number of benzene rings is 2. The largest absolute Gasteiger partial charge is 0.510 e. The molecule has 6 rings (SSSR count). The summed E-state index contributed by atoms with van der Waals surface area (Å²) in [6.07, 6.45) is 0.877. The molecule has 3 saturated heterocycles. The molecule has 4 aliphatic rings. The number of amides is 5. The number of hydrogen-bond donors (Lipinski definition) is 1. The van der Waals surface area contributed by atoms with Crippen LogP contribution >= 0.6 is 0 Å². The summed E-state index contributed by atoms with van der Waals surface area (Å²) < 4.78 is 30.9. The van der Waals surface area contributed by atoms with E-state index in [9.17, 15) is 28.8 Å². The summed E-state index contributed by atoms with van der Waals surface area (Å²) in [5.74, 6) is -2.46. The number of piperidine rings is 2. The Bertz CT molecular complexity index is 1790. The van der Waals surface area contributed by atoms with Gasteiger partial charge in [-0.05, 0) is 67.6 Å². The smallest absolute Gasteiger partial charge is 0.432 e. The van der Waals surface area contributed by atoms with Crippen molar-refractivity contribution < 1.29 is 57.2 Å². The van der Waals surface area contributed by atoms with Gasteiger partial charge in [0, 0.05) is 76.3 Å². The number of likely N-dealkylation sites (tertiary alicyclic amines) is 1. The summed E-state index contributed by atoms with van der Waals surface area (Å²) in [5.41, 5.74) is 8.21. The highest BCUT2D eigenvalue weighted by atomic mass is 16.7. The van der Waals surface area contributed by atoms with Gasteiger partial charge in [-0.25, -0.2) is 9.69 Å². The molecular weight excluding hydrogens is 768 g/mol. The van der Waals surface area contributed by atoms with Crippen LogP contribution in [-0.4, -0.2) is 169 Å². The molecule has 320 valence electrons. The lowest BCUT2D eigenvalue weighted by atomic mass is 9.95. The van der Waals surface area contributed by atoms with E-state index in [1.165, 1.54) is 0 Å². The topological polar surface area (TPSA) is 200 Å². The molecule has 3 fully saturated rings. The first-order valence-corrected chi connectivity index (χ1v) is 20.1. The number of ether oxygens (including phenoxy) is 6. The Hall–Kier alpha value is -5.14. The van der Waals surface area contributed by atoms with Crippen LogP contribution in [0.25, 0.3) is 0 Å². The maximum atomic E-state index is 13.7. The number of piperazine rings is 1. The molecule has 0 saturated carbocycles. The van der Waals surface area contributed by atoms with Gasteiger partial charge in [-0.15, -0.1) is 0 Å². The number of carbonyl (C=O) groups excluding carboxylic acids is 6. The number of imide groups is 2. The molecule has 0 aromatic heterocycles. The van der Waals surface area contributed by atoms with Crippen molar-refractivity contribution in [1.29, 1.82) is 0 Å². The van der Waals surface area contributed by atoms with Gasteiger partial charge < -0.3 is 44.0 Å². The van der Waals surface area contributed by atoms with Crippen molar-refractivity contribution in [2.75, 3.05) is 122 Å². The van der Waals surface area contributed by atoms with Crippen LogP contribution in [0.5, 0.6) is 0 Å². The first-order valence-electron chi connectivity index (χ1n) is 20.1. The number of primary amides is 1. The molecule has 18 nitrogen and oxygen atoms in total. The molecular formula is C41H54N6O12. The zero-order chi connectivity index (χ0) is 41.7. The fraction of sp³-hybridized carbons (Fsp3) is 0.561. The lowest BCUT2D eigenvalue weighted by Gasteiger charge is -2.40. The Balaban J connectivity index is 0.911. The van der Waals surface area contributed by atoms with Gasteiger partial charge >= 0.3 is 6.16 Å². The molecule has 59 heavy (non-hydrogen) atoms. The Morgan fingerprint density at radius 3 is 1.92 bits per heavy atom. The van der Waals surface area contributed by atoms with Gasteiger partial charge in [-0.3, -0.25) is 33.8 Å². The predicted octanol–water partition coefficient (Wildman–Crippen LogP) is 1.74. The molecule has 4 heterocycles. The van der Waals surface area contributed by atoms with Crippen LogP contribution in [0.4, 0.5) is 16.2 Å². The molecule has 1 unspecified atom stereocenters. The Labute approximate surface area is 343 Å². The van der Waals surface area contributed by atoms with Crippen molar-refractivity contribution in [2.45, 2.75) is 31.7 Å². The lowest BCUT2D eigenvalue weighted by molar-refractivity contribution is -0.156. The number of hydrogen-bond acceptors (Lipinski definition) is 15. The fourth-order valence-electron chi connectivity index (χ4n) is 7.71. The van der Waals surface area contributed by atoms with Gasteiger partial charge in [0.1, 0.15) is 12.6 Å². The number of anilines is 2. The highest BCUT2D eigenvalue weighted by molar-refractivity contribution is 6.23. The average Bonchev–Trinajstić information content (AvgIpc) is 3.49. The van der Waals surface area contributed by atoms with Crippen LogP contribution in [-0.2, 0) is 38.0 Å². The quantitative estimate of drug-likeness (QED) is 0.115. The highest BCUT2D eigenvalue weighted by Gasteiger charge is 2.47. The third kappa shape index (κ3) is 11.3. The van der Waals surface area contributed by atoms with Crippen LogP contribution < -0.4 is 15.5 Å². The summed E-state index contributed by atoms with van der Waals surface area (Å²) in [4.78, 5) is 85.7. The van der Waals surface area contributed by atoms with Crippen molar-refractivity contribution in [3.63, 3.8) is 0 Å². The van der Waals surface area contributed by atoms with Crippen molar-refractivity contribution in [2.24, 2.45) is 11.7 Å². The number of nitrogens with zero attached hydrogens (tertiary/aromatic N) is 5. The van der Waals surface area contributed by atoms with Gasteiger partial charge in [0.05, 0.1) is 57.4 Å². The normalized spacial score (nSPS) is 19.1. The number of methoxy groups -OCH3 is 1. The molecule has 0 radical (unpaired) electrons. The van der Waals surface area contributed by atoms with E-state index in [4.69, 9.17) is 34.2 Å². The number of rotatable bonds is 20. The Morgan fingerprint density at radius 2 is 1.27 bits per heavy atom. The minimum absolute atomic E-state index is 0.0378. The van der Waals surface area contributed by atoms with Crippen molar-refractivity contribution in [1.82, 2.24) is 14.7 Å². The summed E-state index contributed by atoms with van der Waals surface area (Å²) in [6, 6.07) is 11.4. The lowest BCUT2D eigenvalue weighted by Crippen LogP contribution is -2.56. The van der Waals surface area contributed by atoms with Gasteiger partial charge in [-0.1, -0.05) is 0 Å². The number of carbonyl (C=O) groups is 6. The van der Waals surface area contributed by atoms with E-state index in [0.717, 1.165) is 79.8 Å². The van der Waals surface area contributed by atoms with E-state index in [-0.39, 0.29) is 43.8 Å². The maximum absolute atomic E-state index is 13.7. The minimum atomic E-state index is -1.23. The molecule has 1 atom stereocenters. The first-order chi connectivity index (χ1) is 28.6. The molecule has 0 aliphatic carbocycles. The third-order valence-electron chi connectivity index (χ3n) is 11.0. The Morgan fingerprint density at radius 1 is 0.678 bits per heavy atom. The van der Waals surface area contributed by atoms with Gasteiger partial charge in [0.25, 0.3) is 17.7 Å². The van der Waals surface area contributed by atoms with E-state index < -0.39 is 48.5 Å². The Kier molecular flexibility index (Phi) is 15.6. The zero-order valence-corrected chi connectivity index (χ0v) is 33.6. The van der Waals surface area contributed by atoms with E-state index in [1.54, 1.807) is 31.4 Å². The van der Waals surface area contributed by atoms with Crippen LogP contribution in [0.15, 0.2) is 42.5 Å². The third-order valence-corrected chi connectivity index (χ3v) is 11.0. The van der Waals surface area contributed by atoms with E-state index in [2.05, 4.69) is 14.7 Å². The van der Waals surface area contributed by atoms with Gasteiger partial charge in [0.15, 0.2) is 6.73 Å². The average molecular weight is 823 g/mol. The second-order valence-corrected chi connectivity index (χ2v) is 14.8. The summed E-state index contributed by atoms with van der Waals surface area (Å²) >= 11 is 0. The van der Waals surface area contributed by atoms with Gasteiger partial charge in [-0.2, -0.15) is 0 Å². The fourth-order valence-corrected chi connectivity index (χ4v) is 7.71. The van der Waals surface area contributed by atoms with Crippen molar-refractivity contribution >= 4 is 47.1 Å². The van der Waals surface area contributed by atoms with Crippen LogP contribution in [0, 0.1) is 5.92 Å². The molecule has 5 amide bonds. The molecule has 18 heteroatoms. The standard InChI is InChI=1S/C41H54N6O12/c1-54-18-19-55-20-21-56-22-23-57-24-25-58-41(53)59-28-46-36(48)9-8-35(40(46)52)47-38(50)33-7-6-32(26-34(33)39(47)51)45-16-14-43(15-17-45)27-29-10-12-44(13-11-29)31-4-2-30(3-5-31)37(42)49/h2-7,26,29,35H,8-25,27-28H2,1H3,(H2,42,49). The molecule has 2 aromatic rings. The number of nitrogens with two attached hydrogens (primary N) is 1. The van der Waals surface area contributed by atoms with Gasteiger partial charge in [0.2, 0.25) is 11.8 Å². The second kappa shape index (κ2) is 21.2. The predicted molar refractivity (Wildman–Crippen MR) is 212 cm³/mol. The minimum Gasteiger partial charge on any atom is -0.432 e. The van der Waals surface area contributed by atoms with Crippen LogP contribution in [0.1, 0.15) is 56.8 Å². The monoisotopic (exact) mass is 822 g/mol. The SMILES string of the molecule is COCCOCCOCCOCCOC(=O)OCN1C(=O)CCC(N2C(=O)c3ccc(N4CCN(CC5CCN(c6ccc(C(N)=O)cc6)CC5)CC4)cc3C2=O)C1=O. The molecule has 0 spiro atoms. The van der Waals surface area contributed by atoms with Crippen molar-refractivity contribution in [3.05, 3.63) is 59.2 Å².